The molecule has 1 aliphatic rings. The monoisotopic (exact) mass is 264 g/mol. The van der Waals surface area contributed by atoms with Crippen LogP contribution in [0.1, 0.15) is 25.5 Å². The van der Waals surface area contributed by atoms with Crippen LogP contribution in [0.25, 0.3) is 0 Å². The van der Waals surface area contributed by atoms with E-state index in [4.69, 9.17) is 4.74 Å². The van der Waals surface area contributed by atoms with Gasteiger partial charge in [-0.25, -0.2) is 0 Å². The molecule has 0 aromatic carbocycles. The zero-order chi connectivity index (χ0) is 13.5. The van der Waals surface area contributed by atoms with Gasteiger partial charge in [0.05, 0.1) is 18.9 Å². The van der Waals surface area contributed by atoms with Gasteiger partial charge in [0, 0.05) is 26.2 Å². The molecule has 0 amide bonds. The van der Waals surface area contributed by atoms with Crippen LogP contribution in [-0.2, 0) is 11.2 Å². The summed E-state index contributed by atoms with van der Waals surface area (Å²) in [5.41, 5.74) is 1.07. The molecule has 1 aromatic heterocycles. The number of rotatable bonds is 6. The summed E-state index contributed by atoms with van der Waals surface area (Å²) in [7, 11) is 2.06. The molecule has 0 spiro atoms. The molecule has 1 unspecified atom stereocenters. The molecule has 19 heavy (non-hydrogen) atoms. The van der Waals surface area contributed by atoms with Crippen LogP contribution in [0.4, 0.5) is 5.82 Å². The van der Waals surface area contributed by atoms with Gasteiger partial charge in [0.25, 0.3) is 0 Å². The van der Waals surface area contributed by atoms with Crippen LogP contribution in [0.3, 0.4) is 0 Å². The second kappa shape index (κ2) is 7.40. The van der Waals surface area contributed by atoms with Crippen molar-refractivity contribution >= 4 is 5.82 Å². The maximum Gasteiger partial charge on any atom is 0.150 e. The van der Waals surface area contributed by atoms with Crippen LogP contribution in [0.2, 0.25) is 0 Å². The van der Waals surface area contributed by atoms with Crippen molar-refractivity contribution in [2.75, 3.05) is 38.3 Å². The molecule has 0 saturated carbocycles. The lowest BCUT2D eigenvalue weighted by Crippen LogP contribution is -2.43. The Labute approximate surface area is 115 Å². The maximum atomic E-state index is 5.45. The van der Waals surface area contributed by atoms with Gasteiger partial charge in [0.1, 0.15) is 0 Å². The molecule has 0 bridgehead atoms. The number of morpholine rings is 1. The van der Waals surface area contributed by atoms with Crippen LogP contribution >= 0.6 is 0 Å². The fraction of sp³-hybridized carbons (Fsp3) is 0.714. The molecule has 5 heteroatoms. The Morgan fingerprint density at radius 1 is 1.42 bits per heavy atom. The van der Waals surface area contributed by atoms with Gasteiger partial charge < -0.3 is 15.0 Å². The zero-order valence-electron chi connectivity index (χ0n) is 11.9. The highest BCUT2D eigenvalue weighted by atomic mass is 16.5. The van der Waals surface area contributed by atoms with Crippen molar-refractivity contribution in [2.24, 2.45) is 0 Å². The minimum absolute atomic E-state index is 0.462. The fourth-order valence-electron chi connectivity index (χ4n) is 2.22. The third-order valence-electron chi connectivity index (χ3n) is 3.41. The number of anilines is 1. The molecule has 5 nitrogen and oxygen atoms in total. The molecule has 1 atom stereocenters. The van der Waals surface area contributed by atoms with Crippen LogP contribution < -0.4 is 10.2 Å². The quantitative estimate of drug-likeness (QED) is 0.838. The highest BCUT2D eigenvalue weighted by Crippen LogP contribution is 2.10. The average Bonchev–Trinajstić information content (AvgIpc) is 2.47. The standard InChI is InChI=1S/C14H24N4O/c1-3-4-12-5-6-14(17-16-12)18(2)9-7-13-11-19-10-8-15-13/h5-6,13,15H,3-4,7-11H2,1-2H3. The summed E-state index contributed by atoms with van der Waals surface area (Å²) in [6.07, 6.45) is 3.17. The van der Waals surface area contributed by atoms with Gasteiger partial charge in [-0.1, -0.05) is 13.3 Å². The molecule has 1 N–H and O–H groups in total. The van der Waals surface area contributed by atoms with E-state index < -0.39 is 0 Å². The first kappa shape index (κ1) is 14.2. The van der Waals surface area contributed by atoms with Crippen LogP contribution in [0, 0.1) is 0 Å². The minimum atomic E-state index is 0.462. The van der Waals surface area contributed by atoms with Crippen LogP contribution in [0.5, 0.6) is 0 Å². The molecule has 1 saturated heterocycles. The summed E-state index contributed by atoms with van der Waals surface area (Å²) < 4.78 is 5.45. The van der Waals surface area contributed by atoms with E-state index >= 15 is 0 Å². The SMILES string of the molecule is CCCc1ccc(N(C)CCC2COCCN2)nn1. The molecular formula is C14H24N4O. The van der Waals surface area contributed by atoms with Crippen LogP contribution in [-0.4, -0.2) is 49.6 Å². The number of nitrogens with one attached hydrogen (secondary N) is 1. The summed E-state index contributed by atoms with van der Waals surface area (Å²) >= 11 is 0. The first-order chi connectivity index (χ1) is 9.29. The molecule has 1 fully saturated rings. The first-order valence-electron chi connectivity index (χ1n) is 7.14. The maximum absolute atomic E-state index is 5.45. The number of hydrogen-bond acceptors (Lipinski definition) is 5. The molecule has 2 rings (SSSR count). The van der Waals surface area contributed by atoms with Crippen molar-refractivity contribution in [3.8, 4) is 0 Å². The summed E-state index contributed by atoms with van der Waals surface area (Å²) in [4.78, 5) is 2.15. The van der Waals surface area contributed by atoms with Crippen LogP contribution in [0.15, 0.2) is 12.1 Å². The van der Waals surface area contributed by atoms with Gasteiger partial charge in [-0.3, -0.25) is 0 Å². The number of hydrogen-bond donors (Lipinski definition) is 1. The minimum Gasteiger partial charge on any atom is -0.379 e. The van der Waals surface area contributed by atoms with Crippen molar-refractivity contribution in [3.05, 3.63) is 17.8 Å². The van der Waals surface area contributed by atoms with E-state index in [1.807, 2.05) is 0 Å². The lowest BCUT2D eigenvalue weighted by molar-refractivity contribution is 0.0749. The lowest BCUT2D eigenvalue weighted by atomic mass is 10.2. The van der Waals surface area contributed by atoms with Gasteiger partial charge in [-0.15, -0.1) is 5.10 Å². The summed E-state index contributed by atoms with van der Waals surface area (Å²) in [5, 5.41) is 12.0. The number of ether oxygens (including phenoxy) is 1. The Balaban J connectivity index is 1.79. The van der Waals surface area contributed by atoms with Crippen molar-refractivity contribution in [1.82, 2.24) is 15.5 Å². The van der Waals surface area contributed by atoms with E-state index in [-0.39, 0.29) is 0 Å². The Kier molecular flexibility index (Phi) is 5.54. The number of aromatic nitrogens is 2. The highest BCUT2D eigenvalue weighted by molar-refractivity contribution is 5.35. The molecule has 0 aliphatic carbocycles. The van der Waals surface area contributed by atoms with Gasteiger partial charge in [0.15, 0.2) is 5.82 Å². The lowest BCUT2D eigenvalue weighted by Gasteiger charge is -2.26. The molecule has 0 radical (unpaired) electrons. The van der Waals surface area contributed by atoms with E-state index in [0.717, 1.165) is 57.1 Å². The van der Waals surface area contributed by atoms with Gasteiger partial charge >= 0.3 is 0 Å². The topological polar surface area (TPSA) is 50.3 Å². The highest BCUT2D eigenvalue weighted by Gasteiger charge is 2.14. The molecule has 106 valence electrons. The van der Waals surface area contributed by atoms with Gasteiger partial charge in [-0.2, -0.15) is 5.10 Å². The molecular weight excluding hydrogens is 240 g/mol. The Morgan fingerprint density at radius 2 is 2.32 bits per heavy atom. The fourth-order valence-corrected chi connectivity index (χ4v) is 2.22. The van der Waals surface area contributed by atoms with E-state index in [1.165, 1.54) is 0 Å². The number of nitrogens with zero attached hydrogens (tertiary/aromatic N) is 3. The zero-order valence-corrected chi connectivity index (χ0v) is 11.9. The third kappa shape index (κ3) is 4.44. The Hall–Kier alpha value is -1.20. The Bertz CT molecular complexity index is 362. The van der Waals surface area contributed by atoms with Crippen molar-refractivity contribution in [3.63, 3.8) is 0 Å². The summed E-state index contributed by atoms with van der Waals surface area (Å²) in [6, 6.07) is 4.59. The molecule has 2 heterocycles. The number of aryl methyl sites for hydroxylation is 1. The largest absolute Gasteiger partial charge is 0.379 e. The second-order valence-electron chi connectivity index (χ2n) is 5.07. The summed E-state index contributed by atoms with van der Waals surface area (Å²) in [5.74, 6) is 0.941. The van der Waals surface area contributed by atoms with E-state index in [9.17, 15) is 0 Å². The van der Waals surface area contributed by atoms with E-state index in [0.29, 0.717) is 6.04 Å². The summed E-state index contributed by atoms with van der Waals surface area (Å²) in [6.45, 7) is 5.72. The van der Waals surface area contributed by atoms with E-state index in [1.54, 1.807) is 0 Å². The van der Waals surface area contributed by atoms with Crippen molar-refractivity contribution in [1.29, 1.82) is 0 Å². The smallest absolute Gasteiger partial charge is 0.150 e. The average molecular weight is 264 g/mol. The van der Waals surface area contributed by atoms with Crippen molar-refractivity contribution in [2.45, 2.75) is 32.2 Å². The second-order valence-corrected chi connectivity index (χ2v) is 5.07. The third-order valence-corrected chi connectivity index (χ3v) is 3.41. The molecule has 1 aromatic rings. The Morgan fingerprint density at radius 3 is 2.95 bits per heavy atom. The predicted molar refractivity (Wildman–Crippen MR) is 76.5 cm³/mol. The van der Waals surface area contributed by atoms with Crippen molar-refractivity contribution < 1.29 is 4.74 Å². The predicted octanol–water partition coefficient (Wildman–Crippen LogP) is 1.24. The van der Waals surface area contributed by atoms with E-state index in [2.05, 4.69) is 46.5 Å². The van der Waals surface area contributed by atoms with Gasteiger partial charge in [-0.05, 0) is 25.0 Å². The normalized spacial score (nSPS) is 19.4. The van der Waals surface area contributed by atoms with Gasteiger partial charge in [0.2, 0.25) is 0 Å². The molecule has 1 aliphatic heterocycles. The first-order valence-corrected chi connectivity index (χ1v) is 7.14.